The minimum atomic E-state index is -0.0625. The number of hydrogen-bond donors (Lipinski definition) is 2. The van der Waals surface area contributed by atoms with E-state index in [4.69, 9.17) is 10.8 Å². The molecule has 0 aliphatic carbocycles. The van der Waals surface area contributed by atoms with Crippen LogP contribution in [0, 0.1) is 0 Å². The lowest BCUT2D eigenvalue weighted by Crippen LogP contribution is -2.02. The molecule has 0 saturated heterocycles. The molecule has 0 heterocycles. The molecule has 0 saturated carbocycles. The maximum Gasteiger partial charge on any atom is 0.137 e. The van der Waals surface area contributed by atoms with Gasteiger partial charge in [0, 0.05) is 6.54 Å². The summed E-state index contributed by atoms with van der Waals surface area (Å²) in [7, 11) is 0. The Bertz CT molecular complexity index is 109. The standard InChI is InChI=1S/C5H8O2.C2H7NO/c1-4(6)3-5(2)7;3-1-2-4/h3H2,1-2H3;4H,1-3H2. The highest BCUT2D eigenvalue weighted by molar-refractivity contribution is 5.96. The van der Waals surface area contributed by atoms with Crippen molar-refractivity contribution in [3.63, 3.8) is 0 Å². The van der Waals surface area contributed by atoms with E-state index >= 15 is 0 Å². The second-order valence-electron chi connectivity index (χ2n) is 2.09. The number of rotatable bonds is 3. The molecule has 0 aromatic carbocycles. The Balaban J connectivity index is 0. The molecule has 0 spiro atoms. The molecule has 66 valence electrons. The molecule has 0 aliphatic rings. The van der Waals surface area contributed by atoms with E-state index in [-0.39, 0.29) is 24.6 Å². The highest BCUT2D eigenvalue weighted by Gasteiger charge is 1.94. The number of hydrogen-bond acceptors (Lipinski definition) is 4. The van der Waals surface area contributed by atoms with Gasteiger partial charge in [-0.05, 0) is 13.8 Å². The average molecular weight is 161 g/mol. The minimum absolute atomic E-state index is 0.0625. The largest absolute Gasteiger partial charge is 0.395 e. The summed E-state index contributed by atoms with van der Waals surface area (Å²) >= 11 is 0. The van der Waals surface area contributed by atoms with Gasteiger partial charge in [0.15, 0.2) is 0 Å². The van der Waals surface area contributed by atoms with E-state index in [0.29, 0.717) is 6.54 Å². The van der Waals surface area contributed by atoms with Crippen LogP contribution in [0.15, 0.2) is 0 Å². The predicted octanol–water partition coefficient (Wildman–Crippen LogP) is -0.508. The molecule has 0 aromatic rings. The maximum atomic E-state index is 10.0. The highest BCUT2D eigenvalue weighted by atomic mass is 16.3. The van der Waals surface area contributed by atoms with Gasteiger partial charge in [-0.15, -0.1) is 0 Å². The topological polar surface area (TPSA) is 80.4 Å². The molecule has 0 fully saturated rings. The van der Waals surface area contributed by atoms with Gasteiger partial charge in [0.25, 0.3) is 0 Å². The van der Waals surface area contributed by atoms with Gasteiger partial charge in [0.2, 0.25) is 0 Å². The van der Waals surface area contributed by atoms with Crippen molar-refractivity contribution in [2.75, 3.05) is 13.2 Å². The first-order chi connectivity index (χ1) is 5.04. The zero-order valence-electron chi connectivity index (χ0n) is 6.96. The molecule has 0 aromatic heterocycles. The van der Waals surface area contributed by atoms with Crippen molar-refractivity contribution >= 4 is 11.6 Å². The van der Waals surface area contributed by atoms with Crippen molar-refractivity contribution in [3.8, 4) is 0 Å². The molecule has 0 radical (unpaired) electrons. The van der Waals surface area contributed by atoms with Crippen molar-refractivity contribution < 1.29 is 14.7 Å². The lowest BCUT2D eigenvalue weighted by atomic mass is 10.2. The SMILES string of the molecule is CC(=O)CC(C)=O.NCCO. The number of ketones is 2. The summed E-state index contributed by atoms with van der Waals surface area (Å²) in [4.78, 5) is 20.1. The van der Waals surface area contributed by atoms with Crippen molar-refractivity contribution in [2.45, 2.75) is 20.3 Å². The highest BCUT2D eigenvalue weighted by Crippen LogP contribution is 1.80. The molecule has 0 rings (SSSR count). The van der Waals surface area contributed by atoms with E-state index in [0.717, 1.165) is 0 Å². The fraction of sp³-hybridized carbons (Fsp3) is 0.714. The summed E-state index contributed by atoms with van der Waals surface area (Å²) < 4.78 is 0. The second-order valence-corrected chi connectivity index (χ2v) is 2.09. The summed E-state index contributed by atoms with van der Waals surface area (Å²) in [6.45, 7) is 3.28. The first-order valence-corrected chi connectivity index (χ1v) is 3.34. The third-order valence-electron chi connectivity index (χ3n) is 0.627. The predicted molar refractivity (Wildman–Crippen MR) is 42.1 cm³/mol. The van der Waals surface area contributed by atoms with Crippen LogP contribution in [-0.2, 0) is 9.59 Å². The van der Waals surface area contributed by atoms with Gasteiger partial charge in [0.05, 0.1) is 13.0 Å². The first-order valence-electron chi connectivity index (χ1n) is 3.34. The van der Waals surface area contributed by atoms with Crippen LogP contribution >= 0.6 is 0 Å². The van der Waals surface area contributed by atoms with E-state index < -0.39 is 0 Å². The summed E-state index contributed by atoms with van der Waals surface area (Å²) in [6, 6.07) is 0. The van der Waals surface area contributed by atoms with E-state index in [1.54, 1.807) is 0 Å². The normalized spacial score (nSPS) is 8.00. The van der Waals surface area contributed by atoms with E-state index in [9.17, 15) is 9.59 Å². The Kier molecular flexibility index (Phi) is 10.9. The summed E-state index contributed by atoms with van der Waals surface area (Å²) in [5.41, 5.74) is 4.78. The number of nitrogens with two attached hydrogens (primary N) is 1. The van der Waals surface area contributed by atoms with Crippen LogP contribution in [0.5, 0.6) is 0 Å². The first kappa shape index (κ1) is 12.9. The summed E-state index contributed by atoms with van der Waals surface area (Å²) in [5.74, 6) is -0.125. The van der Waals surface area contributed by atoms with E-state index in [1.807, 2.05) is 0 Å². The van der Waals surface area contributed by atoms with E-state index in [2.05, 4.69) is 0 Å². The van der Waals surface area contributed by atoms with Crippen molar-refractivity contribution in [2.24, 2.45) is 5.73 Å². The number of aliphatic hydroxyl groups excluding tert-OH is 1. The van der Waals surface area contributed by atoms with Crippen LogP contribution in [0.25, 0.3) is 0 Å². The molecule has 0 amide bonds. The number of aliphatic hydroxyl groups is 1. The van der Waals surface area contributed by atoms with Crippen molar-refractivity contribution in [1.82, 2.24) is 0 Å². The van der Waals surface area contributed by atoms with Crippen LogP contribution in [0.3, 0.4) is 0 Å². The Morgan fingerprint density at radius 2 is 1.55 bits per heavy atom. The van der Waals surface area contributed by atoms with Gasteiger partial charge < -0.3 is 10.8 Å². The Morgan fingerprint density at radius 3 is 1.55 bits per heavy atom. The number of Topliss-reactive ketones (excluding diaryl/α,β-unsaturated/α-hetero) is 2. The van der Waals surface area contributed by atoms with Crippen LogP contribution in [-0.4, -0.2) is 29.8 Å². The average Bonchev–Trinajstić information content (AvgIpc) is 1.85. The van der Waals surface area contributed by atoms with Gasteiger partial charge in [-0.3, -0.25) is 9.59 Å². The molecule has 4 heteroatoms. The Morgan fingerprint density at radius 1 is 1.27 bits per heavy atom. The smallest absolute Gasteiger partial charge is 0.137 e. The minimum Gasteiger partial charge on any atom is -0.395 e. The molecular weight excluding hydrogens is 146 g/mol. The van der Waals surface area contributed by atoms with Gasteiger partial charge in [-0.2, -0.15) is 0 Å². The fourth-order valence-corrected chi connectivity index (χ4v) is 0.351. The summed E-state index contributed by atoms with van der Waals surface area (Å²) in [5, 5.41) is 7.75. The number of carbonyl (C=O) groups is 2. The molecule has 0 bridgehead atoms. The Hall–Kier alpha value is -0.740. The fourth-order valence-electron chi connectivity index (χ4n) is 0.351. The van der Waals surface area contributed by atoms with Gasteiger partial charge in [-0.25, -0.2) is 0 Å². The molecular formula is C7H15NO3. The van der Waals surface area contributed by atoms with Crippen LogP contribution in [0.1, 0.15) is 20.3 Å². The molecule has 3 N–H and O–H groups in total. The zero-order valence-corrected chi connectivity index (χ0v) is 6.96. The molecule has 0 unspecified atom stereocenters. The van der Waals surface area contributed by atoms with Crippen molar-refractivity contribution in [1.29, 1.82) is 0 Å². The zero-order chi connectivity index (χ0) is 9.28. The molecule has 0 aliphatic heterocycles. The van der Waals surface area contributed by atoms with Gasteiger partial charge in [-0.1, -0.05) is 0 Å². The molecule has 0 atom stereocenters. The molecule has 4 nitrogen and oxygen atoms in total. The van der Waals surface area contributed by atoms with Crippen molar-refractivity contribution in [3.05, 3.63) is 0 Å². The van der Waals surface area contributed by atoms with Gasteiger partial charge >= 0.3 is 0 Å². The van der Waals surface area contributed by atoms with Crippen LogP contribution in [0.4, 0.5) is 0 Å². The Labute approximate surface area is 66.4 Å². The molecule has 11 heavy (non-hydrogen) atoms. The quantitative estimate of drug-likeness (QED) is 0.546. The van der Waals surface area contributed by atoms with Gasteiger partial charge in [0.1, 0.15) is 11.6 Å². The van der Waals surface area contributed by atoms with E-state index in [1.165, 1.54) is 13.8 Å². The number of carbonyl (C=O) groups excluding carboxylic acids is 2. The summed E-state index contributed by atoms with van der Waals surface area (Å²) in [6.07, 6.45) is 0.0833. The lowest BCUT2D eigenvalue weighted by Gasteiger charge is -1.81. The second kappa shape index (κ2) is 9.26. The third kappa shape index (κ3) is 26.9. The van der Waals surface area contributed by atoms with Crippen LogP contribution < -0.4 is 5.73 Å². The monoisotopic (exact) mass is 161 g/mol. The lowest BCUT2D eigenvalue weighted by molar-refractivity contribution is -0.124. The third-order valence-corrected chi connectivity index (χ3v) is 0.627. The van der Waals surface area contributed by atoms with Crippen LogP contribution in [0.2, 0.25) is 0 Å². The maximum absolute atomic E-state index is 10.0.